The van der Waals surface area contributed by atoms with Crippen LogP contribution in [0.5, 0.6) is 0 Å². The molecule has 2 aromatic rings. The molecule has 2 N–H and O–H groups in total. The van der Waals surface area contributed by atoms with Gasteiger partial charge in [-0.25, -0.2) is 0 Å². The number of amides is 1. The molecular formula is C15H14Cl2N2O. The Morgan fingerprint density at radius 3 is 2.20 bits per heavy atom. The van der Waals surface area contributed by atoms with Gasteiger partial charge in [0.05, 0.1) is 0 Å². The van der Waals surface area contributed by atoms with Crippen molar-refractivity contribution in [1.82, 2.24) is 5.32 Å². The van der Waals surface area contributed by atoms with Crippen molar-refractivity contribution in [2.75, 3.05) is 12.4 Å². The first-order valence-corrected chi connectivity index (χ1v) is 6.85. The molecule has 20 heavy (non-hydrogen) atoms. The average Bonchev–Trinajstić information content (AvgIpc) is 2.44. The van der Waals surface area contributed by atoms with Gasteiger partial charge in [0.2, 0.25) is 0 Å². The zero-order chi connectivity index (χ0) is 14.5. The van der Waals surface area contributed by atoms with Crippen LogP contribution in [0.1, 0.15) is 15.9 Å². The van der Waals surface area contributed by atoms with Crippen molar-refractivity contribution in [3.63, 3.8) is 0 Å². The van der Waals surface area contributed by atoms with E-state index in [0.717, 1.165) is 11.3 Å². The summed E-state index contributed by atoms with van der Waals surface area (Å²) in [5.41, 5.74) is 2.56. The lowest BCUT2D eigenvalue weighted by molar-refractivity contribution is 0.0963. The van der Waals surface area contributed by atoms with Crippen LogP contribution >= 0.6 is 23.2 Å². The Morgan fingerprint density at radius 1 is 1.05 bits per heavy atom. The third-order valence-electron chi connectivity index (χ3n) is 2.80. The summed E-state index contributed by atoms with van der Waals surface area (Å²) in [6.07, 6.45) is 0. The van der Waals surface area contributed by atoms with Gasteiger partial charge < -0.3 is 10.6 Å². The van der Waals surface area contributed by atoms with Gasteiger partial charge in [0.1, 0.15) is 0 Å². The van der Waals surface area contributed by atoms with E-state index in [1.54, 1.807) is 25.2 Å². The lowest BCUT2D eigenvalue weighted by Gasteiger charge is -2.08. The first-order chi connectivity index (χ1) is 9.58. The Kier molecular flexibility index (Phi) is 4.88. The SMILES string of the molecule is CNC(=O)c1ccc(CNc2cc(Cl)cc(Cl)c2)cc1. The highest BCUT2D eigenvalue weighted by atomic mass is 35.5. The van der Waals surface area contributed by atoms with Gasteiger partial charge in [0.15, 0.2) is 0 Å². The van der Waals surface area contributed by atoms with Gasteiger partial charge in [-0.15, -0.1) is 0 Å². The summed E-state index contributed by atoms with van der Waals surface area (Å²) in [7, 11) is 1.61. The second kappa shape index (κ2) is 6.64. The summed E-state index contributed by atoms with van der Waals surface area (Å²) >= 11 is 11.9. The molecule has 104 valence electrons. The predicted molar refractivity (Wildman–Crippen MR) is 83.6 cm³/mol. The highest BCUT2D eigenvalue weighted by Crippen LogP contribution is 2.22. The number of hydrogen-bond acceptors (Lipinski definition) is 2. The molecule has 0 fully saturated rings. The smallest absolute Gasteiger partial charge is 0.251 e. The topological polar surface area (TPSA) is 41.1 Å². The van der Waals surface area contributed by atoms with Gasteiger partial charge in [-0.2, -0.15) is 0 Å². The summed E-state index contributed by atoms with van der Waals surface area (Å²) in [4.78, 5) is 11.4. The first-order valence-electron chi connectivity index (χ1n) is 6.09. The Balaban J connectivity index is 2.02. The fraction of sp³-hybridized carbons (Fsp3) is 0.133. The third-order valence-corrected chi connectivity index (χ3v) is 3.24. The van der Waals surface area contributed by atoms with Crippen molar-refractivity contribution in [2.24, 2.45) is 0 Å². The summed E-state index contributed by atoms with van der Waals surface area (Å²) in [6, 6.07) is 12.7. The highest BCUT2D eigenvalue weighted by molar-refractivity contribution is 6.35. The minimum Gasteiger partial charge on any atom is -0.381 e. The summed E-state index contributed by atoms with van der Waals surface area (Å²) in [5.74, 6) is -0.0915. The molecule has 2 aromatic carbocycles. The second-order valence-electron chi connectivity index (χ2n) is 4.29. The Bertz CT molecular complexity index is 592. The van der Waals surface area contributed by atoms with Crippen molar-refractivity contribution in [3.05, 3.63) is 63.6 Å². The molecule has 0 unspecified atom stereocenters. The second-order valence-corrected chi connectivity index (χ2v) is 5.16. The van der Waals surface area contributed by atoms with Crippen LogP contribution < -0.4 is 10.6 Å². The summed E-state index contributed by atoms with van der Waals surface area (Å²) < 4.78 is 0. The molecule has 0 saturated heterocycles. The minimum absolute atomic E-state index is 0.0915. The summed E-state index contributed by atoms with van der Waals surface area (Å²) in [5, 5.41) is 7.01. The van der Waals surface area contributed by atoms with Crippen LogP contribution in [-0.4, -0.2) is 13.0 Å². The molecule has 5 heteroatoms. The molecule has 0 aliphatic carbocycles. The van der Waals surface area contributed by atoms with Crippen LogP contribution in [0.2, 0.25) is 10.0 Å². The first kappa shape index (κ1) is 14.7. The number of anilines is 1. The minimum atomic E-state index is -0.0915. The molecule has 2 rings (SSSR count). The van der Waals surface area contributed by atoms with Crippen LogP contribution in [0, 0.1) is 0 Å². The van der Waals surface area contributed by atoms with E-state index < -0.39 is 0 Å². The molecule has 0 aliphatic heterocycles. The molecule has 0 spiro atoms. The van der Waals surface area contributed by atoms with Crippen LogP contribution in [0.15, 0.2) is 42.5 Å². The maximum atomic E-state index is 11.4. The van der Waals surface area contributed by atoms with E-state index in [9.17, 15) is 4.79 Å². The number of rotatable bonds is 4. The maximum absolute atomic E-state index is 11.4. The molecule has 0 heterocycles. The molecule has 0 saturated carbocycles. The number of carbonyl (C=O) groups is 1. The van der Waals surface area contributed by atoms with Crippen molar-refractivity contribution in [3.8, 4) is 0 Å². The fourth-order valence-electron chi connectivity index (χ4n) is 1.78. The number of hydrogen-bond donors (Lipinski definition) is 2. The highest BCUT2D eigenvalue weighted by Gasteiger charge is 2.02. The van der Waals surface area contributed by atoms with Crippen molar-refractivity contribution in [2.45, 2.75) is 6.54 Å². The molecule has 0 bridgehead atoms. The Labute approximate surface area is 127 Å². The fourth-order valence-corrected chi connectivity index (χ4v) is 2.30. The molecule has 1 amide bonds. The monoisotopic (exact) mass is 308 g/mol. The van der Waals surface area contributed by atoms with Crippen LogP contribution in [-0.2, 0) is 6.54 Å². The van der Waals surface area contributed by atoms with E-state index in [0.29, 0.717) is 22.2 Å². The standard InChI is InChI=1S/C15H14Cl2N2O/c1-18-15(20)11-4-2-10(3-5-11)9-19-14-7-12(16)6-13(17)8-14/h2-8,19H,9H2,1H3,(H,18,20). The van der Waals surface area contributed by atoms with Gasteiger partial charge in [-0.3, -0.25) is 4.79 Å². The quantitative estimate of drug-likeness (QED) is 0.897. The number of nitrogens with one attached hydrogen (secondary N) is 2. The lowest BCUT2D eigenvalue weighted by Crippen LogP contribution is -2.17. The Morgan fingerprint density at radius 2 is 1.65 bits per heavy atom. The van der Waals surface area contributed by atoms with Gasteiger partial charge in [-0.05, 0) is 35.9 Å². The molecule has 3 nitrogen and oxygen atoms in total. The van der Waals surface area contributed by atoms with Crippen molar-refractivity contribution < 1.29 is 4.79 Å². The number of carbonyl (C=O) groups excluding carboxylic acids is 1. The number of benzene rings is 2. The third kappa shape index (κ3) is 3.89. The largest absolute Gasteiger partial charge is 0.381 e. The average molecular weight is 309 g/mol. The Hall–Kier alpha value is -1.71. The van der Waals surface area contributed by atoms with Gasteiger partial charge in [-0.1, -0.05) is 35.3 Å². The summed E-state index contributed by atoms with van der Waals surface area (Å²) in [6.45, 7) is 0.630. The molecule has 0 aromatic heterocycles. The zero-order valence-corrected chi connectivity index (χ0v) is 12.4. The van der Waals surface area contributed by atoms with Gasteiger partial charge in [0.25, 0.3) is 5.91 Å². The number of halogens is 2. The molecule has 0 radical (unpaired) electrons. The van der Waals surface area contributed by atoms with E-state index in [-0.39, 0.29) is 5.91 Å². The molecule has 0 atom stereocenters. The molecule has 0 aliphatic rings. The van der Waals surface area contributed by atoms with Gasteiger partial charge >= 0.3 is 0 Å². The van der Waals surface area contributed by atoms with Crippen molar-refractivity contribution in [1.29, 1.82) is 0 Å². The predicted octanol–water partition coefficient (Wildman–Crippen LogP) is 3.97. The van der Waals surface area contributed by atoms with Crippen LogP contribution in [0.3, 0.4) is 0 Å². The maximum Gasteiger partial charge on any atom is 0.251 e. The van der Waals surface area contributed by atoms with E-state index in [4.69, 9.17) is 23.2 Å². The van der Waals surface area contributed by atoms with E-state index >= 15 is 0 Å². The molecular weight excluding hydrogens is 295 g/mol. The lowest BCUT2D eigenvalue weighted by atomic mass is 10.1. The van der Waals surface area contributed by atoms with E-state index in [2.05, 4.69) is 10.6 Å². The zero-order valence-electron chi connectivity index (χ0n) is 10.9. The van der Waals surface area contributed by atoms with Gasteiger partial charge in [0, 0.05) is 34.9 Å². The van der Waals surface area contributed by atoms with Crippen LogP contribution in [0.4, 0.5) is 5.69 Å². The van der Waals surface area contributed by atoms with E-state index in [1.165, 1.54) is 0 Å². The normalized spacial score (nSPS) is 10.2. The van der Waals surface area contributed by atoms with Crippen LogP contribution in [0.25, 0.3) is 0 Å². The van der Waals surface area contributed by atoms with E-state index in [1.807, 2.05) is 24.3 Å². The van der Waals surface area contributed by atoms with Crippen molar-refractivity contribution >= 4 is 34.8 Å².